The third-order valence-electron chi connectivity index (χ3n) is 5.21. The summed E-state index contributed by atoms with van der Waals surface area (Å²) < 4.78 is 1.79. The van der Waals surface area contributed by atoms with Gasteiger partial charge in [0.2, 0.25) is 5.91 Å². The van der Waals surface area contributed by atoms with Crippen molar-refractivity contribution in [1.82, 2.24) is 9.55 Å². The highest BCUT2D eigenvalue weighted by atomic mass is 32.2. The number of thiophene rings is 1. The summed E-state index contributed by atoms with van der Waals surface area (Å²) in [6, 6.07) is 0.0358. The number of carbonyl (C=O) groups excluding carboxylic acids is 1. The van der Waals surface area contributed by atoms with Crippen molar-refractivity contribution < 1.29 is 4.79 Å². The van der Waals surface area contributed by atoms with Crippen molar-refractivity contribution in [3.63, 3.8) is 0 Å². The Kier molecular flexibility index (Phi) is 6.07. The van der Waals surface area contributed by atoms with Crippen LogP contribution in [-0.2, 0) is 17.6 Å². The monoisotopic (exact) mass is 393 g/mol. The number of fused-ring (bicyclic) bond motifs is 3. The molecule has 2 atom stereocenters. The molecule has 0 saturated heterocycles. The van der Waals surface area contributed by atoms with Crippen LogP contribution in [0.1, 0.15) is 69.4 Å². The summed E-state index contributed by atoms with van der Waals surface area (Å²) in [5.41, 5.74) is 6.79. The molecular weight excluding hydrogens is 366 g/mol. The minimum absolute atomic E-state index is 0.0358. The van der Waals surface area contributed by atoms with Gasteiger partial charge in [0.25, 0.3) is 5.56 Å². The predicted molar refractivity (Wildman–Crippen MR) is 109 cm³/mol. The van der Waals surface area contributed by atoms with Gasteiger partial charge >= 0.3 is 0 Å². The molecule has 2 heterocycles. The minimum Gasteiger partial charge on any atom is -0.369 e. The Morgan fingerprint density at radius 3 is 2.65 bits per heavy atom. The molecule has 0 saturated carbocycles. The standard InChI is InChI=1S/C19H27N3O2S2/c1-4-11(3)22-18(24)15-12-9-7-6-8-10-14(12)25-17(15)21-19(22)26-13(5-2)16(20)23/h11,13H,4-10H2,1-3H3,(H2,20,23)/t11-,13+/m1/s1. The number of amides is 1. The highest BCUT2D eigenvalue weighted by Crippen LogP contribution is 2.35. The molecule has 0 spiro atoms. The molecule has 7 heteroatoms. The fraction of sp³-hybridized carbons (Fsp3) is 0.632. The zero-order chi connectivity index (χ0) is 18.8. The quantitative estimate of drug-likeness (QED) is 0.456. The van der Waals surface area contributed by atoms with Crippen LogP contribution in [0, 0.1) is 0 Å². The number of thioether (sulfide) groups is 1. The number of hydrogen-bond acceptors (Lipinski definition) is 5. The third-order valence-corrected chi connectivity index (χ3v) is 7.74. The maximum Gasteiger partial charge on any atom is 0.263 e. The first kappa shape index (κ1) is 19.4. The molecule has 1 amide bonds. The molecule has 2 aromatic heterocycles. The van der Waals surface area contributed by atoms with Crippen molar-refractivity contribution in [2.24, 2.45) is 5.73 Å². The molecular formula is C19H27N3O2S2. The lowest BCUT2D eigenvalue weighted by atomic mass is 10.1. The van der Waals surface area contributed by atoms with Crippen molar-refractivity contribution in [3.05, 3.63) is 20.8 Å². The van der Waals surface area contributed by atoms with Crippen LogP contribution in [0.3, 0.4) is 0 Å². The number of hydrogen-bond donors (Lipinski definition) is 1. The van der Waals surface area contributed by atoms with E-state index in [0.717, 1.165) is 35.9 Å². The van der Waals surface area contributed by atoms with Crippen molar-refractivity contribution in [3.8, 4) is 0 Å². The van der Waals surface area contributed by atoms with Crippen molar-refractivity contribution >= 4 is 39.2 Å². The molecule has 3 rings (SSSR count). The van der Waals surface area contributed by atoms with Gasteiger partial charge in [0.05, 0.1) is 10.6 Å². The van der Waals surface area contributed by atoms with E-state index < -0.39 is 0 Å². The number of aryl methyl sites for hydroxylation is 2. The number of aromatic nitrogens is 2. The molecule has 142 valence electrons. The van der Waals surface area contributed by atoms with Gasteiger partial charge in [-0.3, -0.25) is 14.2 Å². The van der Waals surface area contributed by atoms with Gasteiger partial charge in [-0.1, -0.05) is 32.0 Å². The number of nitrogens with zero attached hydrogens (tertiary/aromatic N) is 2. The van der Waals surface area contributed by atoms with E-state index in [4.69, 9.17) is 10.7 Å². The Balaban J connectivity index is 2.21. The largest absolute Gasteiger partial charge is 0.369 e. The molecule has 0 bridgehead atoms. The van der Waals surface area contributed by atoms with Crippen LogP contribution >= 0.6 is 23.1 Å². The average molecular weight is 394 g/mol. The molecule has 0 unspecified atom stereocenters. The van der Waals surface area contributed by atoms with Gasteiger partial charge in [-0.25, -0.2) is 4.98 Å². The van der Waals surface area contributed by atoms with Crippen LogP contribution in [0.25, 0.3) is 10.2 Å². The fourth-order valence-corrected chi connectivity index (χ4v) is 5.87. The first-order valence-corrected chi connectivity index (χ1v) is 11.2. The maximum absolute atomic E-state index is 13.4. The second kappa shape index (κ2) is 8.13. The fourth-order valence-electron chi connectivity index (χ4n) is 3.50. The van der Waals surface area contributed by atoms with Gasteiger partial charge < -0.3 is 5.73 Å². The molecule has 5 nitrogen and oxygen atoms in total. The van der Waals surface area contributed by atoms with Crippen LogP contribution in [0.5, 0.6) is 0 Å². The SMILES string of the molecule is CC[C@H](Sc1nc2sc3c(c2c(=O)n1[C@H](C)CC)CCCCC3)C(N)=O. The summed E-state index contributed by atoms with van der Waals surface area (Å²) in [4.78, 5) is 32.1. The normalized spacial score (nSPS) is 16.9. The van der Waals surface area contributed by atoms with Gasteiger partial charge in [0.1, 0.15) is 4.83 Å². The molecule has 0 aliphatic heterocycles. The Hall–Kier alpha value is -1.34. The number of carbonyl (C=O) groups is 1. The van der Waals surface area contributed by atoms with Gasteiger partial charge in [-0.05, 0) is 51.0 Å². The van der Waals surface area contributed by atoms with Crippen LogP contribution in [0.15, 0.2) is 9.95 Å². The van der Waals surface area contributed by atoms with Crippen LogP contribution in [-0.4, -0.2) is 20.7 Å². The maximum atomic E-state index is 13.4. The molecule has 26 heavy (non-hydrogen) atoms. The summed E-state index contributed by atoms with van der Waals surface area (Å²) in [5, 5.41) is 1.06. The van der Waals surface area contributed by atoms with Crippen LogP contribution in [0.2, 0.25) is 0 Å². The van der Waals surface area contributed by atoms with Gasteiger partial charge in [0, 0.05) is 10.9 Å². The molecule has 0 fully saturated rings. The minimum atomic E-state index is -0.368. The molecule has 0 aromatic carbocycles. The highest BCUT2D eigenvalue weighted by molar-refractivity contribution is 8.00. The molecule has 1 aliphatic rings. The topological polar surface area (TPSA) is 78.0 Å². The Labute approximate surface area is 162 Å². The highest BCUT2D eigenvalue weighted by Gasteiger charge is 2.25. The Bertz CT molecular complexity index is 872. The number of primary amides is 1. The van der Waals surface area contributed by atoms with E-state index in [2.05, 4.69) is 6.92 Å². The van der Waals surface area contributed by atoms with Crippen molar-refractivity contribution in [2.75, 3.05) is 0 Å². The number of nitrogens with two attached hydrogens (primary N) is 1. The molecule has 2 N–H and O–H groups in total. The smallest absolute Gasteiger partial charge is 0.263 e. The first-order chi connectivity index (χ1) is 12.5. The van der Waals surface area contributed by atoms with E-state index in [1.165, 1.54) is 35.0 Å². The Morgan fingerprint density at radius 2 is 2.00 bits per heavy atom. The van der Waals surface area contributed by atoms with Gasteiger partial charge in [0.15, 0.2) is 5.16 Å². The van der Waals surface area contributed by atoms with E-state index in [1.807, 2.05) is 13.8 Å². The van der Waals surface area contributed by atoms with E-state index in [0.29, 0.717) is 11.6 Å². The molecule has 2 aromatic rings. The molecule has 0 radical (unpaired) electrons. The lowest BCUT2D eigenvalue weighted by Crippen LogP contribution is -2.29. The average Bonchev–Trinajstić information content (AvgIpc) is 2.80. The summed E-state index contributed by atoms with van der Waals surface area (Å²) in [6.45, 7) is 6.03. The lowest BCUT2D eigenvalue weighted by molar-refractivity contribution is -0.117. The van der Waals surface area contributed by atoms with E-state index in [-0.39, 0.29) is 22.8 Å². The second-order valence-electron chi connectivity index (χ2n) is 6.99. The summed E-state index contributed by atoms with van der Waals surface area (Å²) in [7, 11) is 0. The van der Waals surface area contributed by atoms with Crippen molar-refractivity contribution in [2.45, 2.75) is 82.2 Å². The number of rotatable bonds is 6. The zero-order valence-electron chi connectivity index (χ0n) is 15.7. The third kappa shape index (κ3) is 3.56. The second-order valence-corrected chi connectivity index (χ2v) is 9.24. The predicted octanol–water partition coefficient (Wildman–Crippen LogP) is 4.05. The summed E-state index contributed by atoms with van der Waals surface area (Å²) >= 11 is 2.99. The van der Waals surface area contributed by atoms with Crippen molar-refractivity contribution in [1.29, 1.82) is 0 Å². The van der Waals surface area contributed by atoms with Crippen LogP contribution in [0.4, 0.5) is 0 Å². The van der Waals surface area contributed by atoms with Crippen LogP contribution < -0.4 is 11.3 Å². The van der Waals surface area contributed by atoms with Gasteiger partial charge in [-0.2, -0.15) is 0 Å². The summed E-state index contributed by atoms with van der Waals surface area (Å²) in [6.07, 6.45) is 7.01. The zero-order valence-corrected chi connectivity index (χ0v) is 17.3. The molecule has 1 aliphatic carbocycles. The lowest BCUT2D eigenvalue weighted by Gasteiger charge is -2.19. The Morgan fingerprint density at radius 1 is 1.27 bits per heavy atom. The van der Waals surface area contributed by atoms with E-state index in [9.17, 15) is 9.59 Å². The van der Waals surface area contributed by atoms with E-state index >= 15 is 0 Å². The summed E-state index contributed by atoms with van der Waals surface area (Å²) in [5.74, 6) is -0.357. The van der Waals surface area contributed by atoms with Gasteiger partial charge in [-0.15, -0.1) is 11.3 Å². The van der Waals surface area contributed by atoms with E-state index in [1.54, 1.807) is 15.9 Å². The first-order valence-electron chi connectivity index (χ1n) is 9.50.